The van der Waals surface area contributed by atoms with Gasteiger partial charge in [-0.25, -0.2) is 10.2 Å². The monoisotopic (exact) mass is 428 g/mol. The van der Waals surface area contributed by atoms with E-state index in [2.05, 4.69) is 26.4 Å². The first-order chi connectivity index (χ1) is 13.9. The number of carbonyl (C=O) groups is 1. The van der Waals surface area contributed by atoms with Crippen molar-refractivity contribution in [1.82, 2.24) is 15.6 Å². The van der Waals surface area contributed by atoms with E-state index < -0.39 is 17.8 Å². The van der Waals surface area contributed by atoms with E-state index in [1.807, 2.05) is 4.90 Å². The highest BCUT2D eigenvalue weighted by Gasteiger charge is 2.32. The number of anilines is 3. The number of hydrogen-bond donors (Lipinski definition) is 3. The lowest BCUT2D eigenvalue weighted by Gasteiger charge is -2.31. The van der Waals surface area contributed by atoms with Crippen LogP contribution >= 0.6 is 11.3 Å². The van der Waals surface area contributed by atoms with E-state index in [1.165, 1.54) is 17.4 Å². The van der Waals surface area contributed by atoms with Crippen LogP contribution in [0.25, 0.3) is 0 Å². The molecule has 156 valence electrons. The maximum absolute atomic E-state index is 13.1. The van der Waals surface area contributed by atoms with Gasteiger partial charge in [0.2, 0.25) is 5.13 Å². The highest BCUT2D eigenvalue weighted by Crippen LogP contribution is 2.42. The standard InChI is InChI=1S/C17H19F3N6O2S/c18-17(19,20)11-3-4-13(26-5-7-28-8-6-26)12(9-11)21-15(27)23-25-16-24-22-14(29-16)10-1-2-10/h3-4,9-10H,1-2,5-8H2,(H,24,25)(H2,21,23,27). The topological polar surface area (TPSA) is 91.4 Å². The summed E-state index contributed by atoms with van der Waals surface area (Å²) in [4.78, 5) is 14.2. The molecule has 0 radical (unpaired) electrons. The molecule has 2 aromatic rings. The lowest BCUT2D eigenvalue weighted by atomic mass is 10.1. The van der Waals surface area contributed by atoms with Crippen molar-refractivity contribution in [2.24, 2.45) is 0 Å². The van der Waals surface area contributed by atoms with Gasteiger partial charge in [-0.15, -0.1) is 10.2 Å². The number of ether oxygens (including phenoxy) is 1. The molecule has 1 aliphatic carbocycles. The van der Waals surface area contributed by atoms with Crippen LogP contribution in [0.4, 0.5) is 34.5 Å². The van der Waals surface area contributed by atoms with E-state index in [-0.39, 0.29) is 5.69 Å². The number of aromatic nitrogens is 2. The predicted octanol–water partition coefficient (Wildman–Crippen LogP) is 3.42. The average molecular weight is 428 g/mol. The molecule has 29 heavy (non-hydrogen) atoms. The third kappa shape index (κ3) is 4.88. The molecule has 1 aromatic carbocycles. The number of nitrogens with zero attached hydrogens (tertiary/aromatic N) is 3. The molecular formula is C17H19F3N6O2S. The Kier molecular flexibility index (Phi) is 5.46. The van der Waals surface area contributed by atoms with Crippen molar-refractivity contribution in [2.45, 2.75) is 24.9 Å². The fraction of sp³-hybridized carbons (Fsp3) is 0.471. The summed E-state index contributed by atoms with van der Waals surface area (Å²) in [7, 11) is 0. The second kappa shape index (κ2) is 8.03. The van der Waals surface area contributed by atoms with Crippen LogP contribution in [0.15, 0.2) is 18.2 Å². The lowest BCUT2D eigenvalue weighted by Crippen LogP contribution is -2.38. The Morgan fingerprint density at radius 3 is 2.66 bits per heavy atom. The Bertz CT molecular complexity index is 880. The summed E-state index contributed by atoms with van der Waals surface area (Å²) < 4.78 is 44.7. The number of hydrogen-bond acceptors (Lipinski definition) is 7. The van der Waals surface area contributed by atoms with Crippen LogP contribution in [0.5, 0.6) is 0 Å². The molecule has 4 rings (SSSR count). The number of carbonyl (C=O) groups excluding carboxylic acids is 1. The summed E-state index contributed by atoms with van der Waals surface area (Å²) in [6, 6.07) is 2.60. The van der Waals surface area contributed by atoms with E-state index in [0.717, 1.165) is 30.0 Å². The minimum atomic E-state index is -4.51. The minimum Gasteiger partial charge on any atom is -0.378 e. The van der Waals surface area contributed by atoms with Crippen LogP contribution in [0, 0.1) is 0 Å². The van der Waals surface area contributed by atoms with Gasteiger partial charge in [0.05, 0.1) is 30.2 Å². The number of hydrazine groups is 1. The van der Waals surface area contributed by atoms with Gasteiger partial charge in [-0.3, -0.25) is 5.43 Å². The number of rotatable bonds is 5. The first-order valence-electron chi connectivity index (χ1n) is 9.10. The third-order valence-corrected chi connectivity index (χ3v) is 5.58. The average Bonchev–Trinajstić information content (AvgIpc) is 3.44. The van der Waals surface area contributed by atoms with Gasteiger partial charge in [0.25, 0.3) is 0 Å². The van der Waals surface area contributed by atoms with Gasteiger partial charge in [0, 0.05) is 19.0 Å². The van der Waals surface area contributed by atoms with Gasteiger partial charge < -0.3 is 15.0 Å². The summed E-state index contributed by atoms with van der Waals surface area (Å²) in [5.41, 5.74) is 4.76. The zero-order valence-electron chi connectivity index (χ0n) is 15.3. The highest BCUT2D eigenvalue weighted by molar-refractivity contribution is 7.15. The van der Waals surface area contributed by atoms with Crippen LogP contribution in [-0.4, -0.2) is 42.5 Å². The van der Waals surface area contributed by atoms with Gasteiger partial charge in [0.15, 0.2) is 0 Å². The summed E-state index contributed by atoms with van der Waals surface area (Å²) >= 11 is 1.34. The second-order valence-electron chi connectivity index (χ2n) is 6.75. The Morgan fingerprint density at radius 1 is 1.21 bits per heavy atom. The van der Waals surface area contributed by atoms with E-state index in [9.17, 15) is 18.0 Å². The van der Waals surface area contributed by atoms with Crippen molar-refractivity contribution in [1.29, 1.82) is 0 Å². The molecule has 12 heteroatoms. The molecule has 1 saturated carbocycles. The molecule has 8 nitrogen and oxygen atoms in total. The van der Waals surface area contributed by atoms with Crippen LogP contribution < -0.4 is 21.1 Å². The molecule has 1 aliphatic heterocycles. The molecule has 2 amide bonds. The first kappa shape index (κ1) is 19.7. The second-order valence-corrected chi connectivity index (χ2v) is 7.76. The van der Waals surface area contributed by atoms with Crippen LogP contribution in [0.1, 0.15) is 29.3 Å². The largest absolute Gasteiger partial charge is 0.416 e. The molecule has 2 aliphatic rings. The number of benzene rings is 1. The van der Waals surface area contributed by atoms with E-state index in [1.54, 1.807) is 0 Å². The molecule has 0 atom stereocenters. The van der Waals surface area contributed by atoms with Gasteiger partial charge >= 0.3 is 12.2 Å². The smallest absolute Gasteiger partial charge is 0.378 e. The van der Waals surface area contributed by atoms with Crippen molar-refractivity contribution in [3.8, 4) is 0 Å². The molecule has 2 heterocycles. The van der Waals surface area contributed by atoms with E-state index in [4.69, 9.17) is 4.74 Å². The van der Waals surface area contributed by atoms with Gasteiger partial charge in [0.1, 0.15) is 5.01 Å². The number of amides is 2. The number of morpholine rings is 1. The zero-order valence-corrected chi connectivity index (χ0v) is 16.1. The van der Waals surface area contributed by atoms with E-state index >= 15 is 0 Å². The Morgan fingerprint density at radius 2 is 1.97 bits per heavy atom. The summed E-state index contributed by atoms with van der Waals surface area (Å²) in [6.45, 7) is 1.98. The molecule has 1 aromatic heterocycles. The quantitative estimate of drug-likeness (QED) is 0.633. The normalized spacial score (nSPS) is 17.1. The zero-order chi connectivity index (χ0) is 20.4. The fourth-order valence-corrected chi connectivity index (χ4v) is 3.80. The summed E-state index contributed by atoms with van der Waals surface area (Å²) in [5, 5.41) is 11.8. The molecule has 0 bridgehead atoms. The van der Waals surface area contributed by atoms with Crippen molar-refractivity contribution in [2.75, 3.05) is 41.9 Å². The molecule has 0 unspecified atom stereocenters. The van der Waals surface area contributed by atoms with Gasteiger partial charge in [-0.05, 0) is 31.0 Å². The maximum Gasteiger partial charge on any atom is 0.416 e. The summed E-state index contributed by atoms with van der Waals surface area (Å²) in [6.07, 6.45) is -2.34. The Hall–Kier alpha value is -2.60. The number of nitrogens with one attached hydrogen (secondary N) is 3. The Labute approximate surface area is 168 Å². The van der Waals surface area contributed by atoms with Crippen molar-refractivity contribution in [3.63, 3.8) is 0 Å². The van der Waals surface area contributed by atoms with E-state index in [0.29, 0.717) is 43.0 Å². The number of halogens is 3. The van der Waals surface area contributed by atoms with Crippen LogP contribution in [0.3, 0.4) is 0 Å². The SMILES string of the molecule is O=C(NNc1nnc(C2CC2)s1)Nc1cc(C(F)(F)F)ccc1N1CCOCC1. The summed E-state index contributed by atoms with van der Waals surface area (Å²) in [5.74, 6) is 0.443. The minimum absolute atomic E-state index is 0.0666. The molecular weight excluding hydrogens is 409 g/mol. The first-order valence-corrected chi connectivity index (χ1v) is 9.92. The number of urea groups is 1. The van der Waals surface area contributed by atoms with Gasteiger partial charge in [-0.2, -0.15) is 13.2 Å². The van der Waals surface area contributed by atoms with Gasteiger partial charge in [-0.1, -0.05) is 11.3 Å². The lowest BCUT2D eigenvalue weighted by molar-refractivity contribution is -0.137. The maximum atomic E-state index is 13.1. The predicted molar refractivity (Wildman–Crippen MR) is 102 cm³/mol. The van der Waals surface area contributed by atoms with Crippen molar-refractivity contribution >= 4 is 33.9 Å². The van der Waals surface area contributed by atoms with Crippen molar-refractivity contribution in [3.05, 3.63) is 28.8 Å². The highest BCUT2D eigenvalue weighted by atomic mass is 32.1. The van der Waals surface area contributed by atoms with Crippen LogP contribution in [0.2, 0.25) is 0 Å². The molecule has 2 fully saturated rings. The molecule has 0 spiro atoms. The third-order valence-electron chi connectivity index (χ3n) is 4.57. The molecule has 1 saturated heterocycles. The van der Waals surface area contributed by atoms with Crippen molar-refractivity contribution < 1.29 is 22.7 Å². The fourth-order valence-electron chi connectivity index (χ4n) is 2.94. The van der Waals surface area contributed by atoms with Crippen LogP contribution in [-0.2, 0) is 10.9 Å². The Balaban J connectivity index is 1.46. The number of alkyl halides is 3. The molecule has 3 N–H and O–H groups in total.